The lowest BCUT2D eigenvalue weighted by atomic mass is 9.74. The Bertz CT molecular complexity index is 865. The summed E-state index contributed by atoms with van der Waals surface area (Å²) in [4.78, 5) is 51.9. The van der Waals surface area contributed by atoms with Gasteiger partial charge in [-0.2, -0.15) is 5.01 Å². The van der Waals surface area contributed by atoms with Gasteiger partial charge in [-0.1, -0.05) is 24.3 Å². The van der Waals surface area contributed by atoms with Crippen LogP contribution in [-0.2, 0) is 20.7 Å². The first-order valence-electron chi connectivity index (χ1n) is 9.84. The van der Waals surface area contributed by atoms with Gasteiger partial charge in [0.05, 0.1) is 0 Å². The molecule has 30 heavy (non-hydrogen) atoms. The zero-order valence-corrected chi connectivity index (χ0v) is 18.6. The van der Waals surface area contributed by atoms with E-state index in [2.05, 4.69) is 5.43 Å². The summed E-state index contributed by atoms with van der Waals surface area (Å²) < 4.78 is 10.7. The number of ether oxygens (including phenoxy) is 2. The van der Waals surface area contributed by atoms with Gasteiger partial charge in [0.15, 0.2) is 17.1 Å². The predicted octanol–water partition coefficient (Wildman–Crippen LogP) is 3.82. The Morgan fingerprint density at radius 3 is 2.10 bits per heavy atom. The molecule has 8 nitrogen and oxygen atoms in total. The van der Waals surface area contributed by atoms with Crippen molar-refractivity contribution in [3.8, 4) is 0 Å². The first-order chi connectivity index (χ1) is 13.7. The molecule has 1 N–H and O–H groups in total. The number of amides is 2. The van der Waals surface area contributed by atoms with Crippen molar-refractivity contribution in [1.29, 1.82) is 0 Å². The predicted molar refractivity (Wildman–Crippen MR) is 110 cm³/mol. The van der Waals surface area contributed by atoms with Crippen molar-refractivity contribution >= 4 is 23.8 Å². The minimum atomic E-state index is -1.94. The summed E-state index contributed by atoms with van der Waals surface area (Å²) in [5.41, 5.74) is -0.291. The van der Waals surface area contributed by atoms with Crippen molar-refractivity contribution in [3.05, 3.63) is 35.4 Å². The number of hydrazine groups is 1. The Morgan fingerprint density at radius 1 is 1.00 bits per heavy atom. The smallest absolute Gasteiger partial charge is 0.430 e. The zero-order chi connectivity index (χ0) is 22.9. The summed E-state index contributed by atoms with van der Waals surface area (Å²) in [6, 6.07) is 6.90. The van der Waals surface area contributed by atoms with E-state index in [4.69, 9.17) is 9.47 Å². The first kappa shape index (κ1) is 23.4. The van der Waals surface area contributed by atoms with E-state index in [0.29, 0.717) is 17.0 Å². The molecular weight excluding hydrogens is 388 g/mol. The molecule has 0 radical (unpaired) electrons. The molecule has 1 aliphatic carbocycles. The lowest BCUT2D eigenvalue weighted by molar-refractivity contribution is -0.128. The van der Waals surface area contributed by atoms with Crippen LogP contribution in [0.1, 0.15) is 70.8 Å². The minimum absolute atomic E-state index is 0.00716. The van der Waals surface area contributed by atoms with Gasteiger partial charge in [0.2, 0.25) is 0 Å². The van der Waals surface area contributed by atoms with Crippen molar-refractivity contribution in [1.82, 2.24) is 10.4 Å². The molecule has 2 rings (SSSR count). The van der Waals surface area contributed by atoms with Crippen LogP contribution in [0.2, 0.25) is 0 Å². The topological polar surface area (TPSA) is 102 Å². The average molecular weight is 418 g/mol. The molecule has 0 aliphatic heterocycles. The molecule has 0 aromatic heterocycles. The summed E-state index contributed by atoms with van der Waals surface area (Å²) >= 11 is 0. The van der Waals surface area contributed by atoms with E-state index in [-0.39, 0.29) is 6.42 Å². The third kappa shape index (κ3) is 4.98. The third-order valence-corrected chi connectivity index (χ3v) is 4.54. The van der Waals surface area contributed by atoms with Crippen LogP contribution in [-0.4, -0.2) is 45.5 Å². The Labute approximate surface area is 176 Å². The highest BCUT2D eigenvalue weighted by atomic mass is 16.6. The van der Waals surface area contributed by atoms with E-state index in [1.165, 1.54) is 6.92 Å². The van der Waals surface area contributed by atoms with Gasteiger partial charge < -0.3 is 9.47 Å². The molecule has 2 amide bonds. The molecule has 0 heterocycles. The highest BCUT2D eigenvalue weighted by Crippen LogP contribution is 2.34. The number of carbonyl (C=O) groups excluding carboxylic acids is 4. The lowest BCUT2D eigenvalue weighted by Crippen LogP contribution is -2.68. The van der Waals surface area contributed by atoms with Crippen LogP contribution >= 0.6 is 0 Å². The third-order valence-electron chi connectivity index (χ3n) is 4.54. The van der Waals surface area contributed by atoms with Crippen molar-refractivity contribution in [3.63, 3.8) is 0 Å². The number of ketones is 2. The number of hydrogen-bond donors (Lipinski definition) is 1. The van der Waals surface area contributed by atoms with Crippen LogP contribution in [0.5, 0.6) is 0 Å². The Hall–Kier alpha value is -2.90. The Kier molecular flexibility index (Phi) is 6.30. The fourth-order valence-corrected chi connectivity index (χ4v) is 3.32. The normalized spacial score (nSPS) is 18.8. The molecule has 1 atom stereocenters. The Morgan fingerprint density at radius 2 is 1.57 bits per heavy atom. The molecule has 0 spiro atoms. The molecule has 0 saturated carbocycles. The molecule has 8 heteroatoms. The van der Waals surface area contributed by atoms with E-state index in [1.807, 2.05) is 0 Å². The first-order valence-corrected chi connectivity index (χ1v) is 9.84. The second-order valence-corrected chi connectivity index (χ2v) is 9.33. The number of hydrogen-bond acceptors (Lipinski definition) is 6. The second kappa shape index (κ2) is 8.08. The minimum Gasteiger partial charge on any atom is -0.443 e. The molecule has 0 fully saturated rings. The van der Waals surface area contributed by atoms with Gasteiger partial charge in [0.25, 0.3) is 0 Å². The van der Waals surface area contributed by atoms with Crippen molar-refractivity contribution < 1.29 is 28.7 Å². The average Bonchev–Trinajstić information content (AvgIpc) is 2.57. The van der Waals surface area contributed by atoms with E-state index < -0.39 is 40.5 Å². The molecule has 164 valence electrons. The second-order valence-electron chi connectivity index (χ2n) is 9.33. The molecular formula is C22H30N2O6. The molecule has 0 bridgehead atoms. The van der Waals surface area contributed by atoms with Gasteiger partial charge in [0, 0.05) is 5.56 Å². The van der Waals surface area contributed by atoms with Crippen molar-refractivity contribution in [2.45, 2.75) is 78.0 Å². The fraction of sp³-hybridized carbons (Fsp3) is 0.545. The van der Waals surface area contributed by atoms with Crippen LogP contribution in [0.25, 0.3) is 0 Å². The lowest BCUT2D eigenvalue weighted by Gasteiger charge is -2.43. The summed E-state index contributed by atoms with van der Waals surface area (Å²) in [7, 11) is 0. The fourth-order valence-electron chi connectivity index (χ4n) is 3.32. The number of nitrogens with one attached hydrogen (secondary N) is 1. The van der Waals surface area contributed by atoms with Crippen LogP contribution in [0.3, 0.4) is 0 Å². The van der Waals surface area contributed by atoms with Crippen molar-refractivity contribution in [2.24, 2.45) is 0 Å². The van der Waals surface area contributed by atoms with Gasteiger partial charge in [-0.15, -0.1) is 0 Å². The quantitative estimate of drug-likeness (QED) is 0.579. The SMILES string of the molecule is CC(=O)C1(N(NC(=O)OC(C)(C)C)C(=O)OC(C)(C)C)CCc2ccccc2C1=O. The highest BCUT2D eigenvalue weighted by molar-refractivity contribution is 6.20. The zero-order valence-electron chi connectivity index (χ0n) is 18.6. The molecule has 0 saturated heterocycles. The number of nitrogens with zero attached hydrogens (tertiary/aromatic N) is 1. The summed E-state index contributed by atoms with van der Waals surface area (Å²) in [6.45, 7) is 11.1. The van der Waals surface area contributed by atoms with Crippen LogP contribution in [0.4, 0.5) is 9.59 Å². The number of rotatable bonds is 2. The largest absolute Gasteiger partial charge is 0.443 e. The van der Waals surface area contributed by atoms with E-state index in [9.17, 15) is 19.2 Å². The summed E-state index contributed by atoms with van der Waals surface area (Å²) in [5, 5.41) is 0.701. The van der Waals surface area contributed by atoms with Crippen molar-refractivity contribution in [2.75, 3.05) is 0 Å². The van der Waals surface area contributed by atoms with E-state index in [0.717, 1.165) is 5.56 Å². The highest BCUT2D eigenvalue weighted by Gasteiger charge is 2.55. The van der Waals surface area contributed by atoms with Gasteiger partial charge >= 0.3 is 12.2 Å². The van der Waals surface area contributed by atoms with Crippen LogP contribution < -0.4 is 5.43 Å². The standard InChI is InChI=1S/C22H30N2O6/c1-14(25)22(13-12-15-10-8-9-11-16(15)17(22)26)24(19(28)30-21(5,6)7)23-18(27)29-20(2,3)4/h8-11H,12-13H2,1-7H3,(H,23,27). The van der Waals surface area contributed by atoms with E-state index in [1.54, 1.807) is 65.8 Å². The monoisotopic (exact) mass is 418 g/mol. The molecule has 1 aromatic carbocycles. The van der Waals surface area contributed by atoms with Crippen LogP contribution in [0.15, 0.2) is 24.3 Å². The molecule has 1 aromatic rings. The van der Waals surface area contributed by atoms with Crippen LogP contribution in [0, 0.1) is 0 Å². The van der Waals surface area contributed by atoms with E-state index >= 15 is 0 Å². The molecule has 1 unspecified atom stereocenters. The van der Waals surface area contributed by atoms with Gasteiger partial charge in [-0.25, -0.2) is 15.0 Å². The summed E-state index contributed by atoms with van der Waals surface area (Å²) in [5.74, 6) is -1.15. The summed E-state index contributed by atoms with van der Waals surface area (Å²) in [6.07, 6.45) is -1.61. The Balaban J connectivity index is 2.55. The number of aryl methyl sites for hydroxylation is 1. The number of Topliss-reactive ketones (excluding diaryl/α,β-unsaturated/α-hetero) is 2. The maximum Gasteiger partial charge on any atom is 0.430 e. The van der Waals surface area contributed by atoms with Gasteiger partial charge in [-0.3, -0.25) is 9.59 Å². The molecule has 1 aliphatic rings. The number of carbonyl (C=O) groups is 4. The number of benzene rings is 1. The number of fused-ring (bicyclic) bond motifs is 1. The maximum atomic E-state index is 13.5. The van der Waals surface area contributed by atoms with Gasteiger partial charge in [0.1, 0.15) is 11.2 Å². The maximum absolute atomic E-state index is 13.5. The van der Waals surface area contributed by atoms with Gasteiger partial charge in [-0.05, 0) is 66.9 Å².